The molecule has 0 aliphatic heterocycles. The topological polar surface area (TPSA) is 87.8 Å². The van der Waals surface area contributed by atoms with Crippen molar-refractivity contribution in [1.82, 2.24) is 0 Å². The number of hydrazone groups is 1. The molecule has 0 aliphatic rings. The summed E-state index contributed by atoms with van der Waals surface area (Å²) in [6.07, 6.45) is 1.27. The third kappa shape index (κ3) is 3.62. The first-order chi connectivity index (χ1) is 9.99. The van der Waals surface area contributed by atoms with Gasteiger partial charge in [-0.25, -0.2) is 0 Å². The number of phenolic OH excluding ortho intramolecular Hbond substituents is 1. The summed E-state index contributed by atoms with van der Waals surface area (Å²) < 4.78 is 0. The normalized spacial score (nSPS) is 10.8. The number of nitrogens with one attached hydrogen (secondary N) is 1. The Kier molecular flexibility index (Phi) is 4.62. The quantitative estimate of drug-likeness (QED) is 0.504. The van der Waals surface area contributed by atoms with Crippen LogP contribution >= 0.6 is 23.2 Å². The minimum Gasteiger partial charge on any atom is -0.506 e. The van der Waals surface area contributed by atoms with Crippen molar-refractivity contribution in [3.8, 4) is 5.75 Å². The summed E-state index contributed by atoms with van der Waals surface area (Å²) in [5.74, 6) is -0.172. The number of nitrogens with zero attached hydrogens (tertiary/aromatic N) is 2. The summed E-state index contributed by atoms with van der Waals surface area (Å²) in [5, 5.41) is 24.9. The van der Waals surface area contributed by atoms with Gasteiger partial charge in [-0.15, -0.1) is 0 Å². The van der Waals surface area contributed by atoms with E-state index < -0.39 is 4.92 Å². The number of halogens is 2. The highest BCUT2D eigenvalue weighted by Crippen LogP contribution is 2.30. The van der Waals surface area contributed by atoms with Crippen LogP contribution in [0.4, 0.5) is 11.4 Å². The van der Waals surface area contributed by atoms with Crippen LogP contribution < -0.4 is 5.43 Å². The molecule has 0 heterocycles. The molecule has 0 radical (unpaired) electrons. The molecule has 0 saturated carbocycles. The molecule has 0 aliphatic carbocycles. The van der Waals surface area contributed by atoms with E-state index in [0.717, 1.165) is 0 Å². The standard InChI is InChI=1S/C13H9Cl2N3O3/c14-9-5-8(13(19)10(15)6-9)7-16-17-11-3-1-2-4-12(11)18(20)21/h1-7,17,19H. The van der Waals surface area contributed by atoms with Crippen LogP contribution in [0.2, 0.25) is 10.0 Å². The van der Waals surface area contributed by atoms with E-state index in [2.05, 4.69) is 10.5 Å². The number of nitro groups is 1. The van der Waals surface area contributed by atoms with Gasteiger partial charge in [0, 0.05) is 16.7 Å². The Balaban J connectivity index is 2.23. The lowest BCUT2D eigenvalue weighted by molar-refractivity contribution is -0.384. The molecule has 2 aromatic rings. The lowest BCUT2D eigenvalue weighted by Crippen LogP contribution is -1.96. The van der Waals surface area contributed by atoms with Crippen LogP contribution in [0.1, 0.15) is 5.56 Å². The van der Waals surface area contributed by atoms with Gasteiger partial charge in [-0.2, -0.15) is 5.10 Å². The zero-order valence-corrected chi connectivity index (χ0v) is 12.0. The summed E-state index contributed by atoms with van der Waals surface area (Å²) in [7, 11) is 0. The smallest absolute Gasteiger partial charge is 0.294 e. The van der Waals surface area contributed by atoms with Crippen molar-refractivity contribution in [2.75, 3.05) is 5.43 Å². The summed E-state index contributed by atoms with van der Waals surface area (Å²) >= 11 is 11.6. The average Bonchev–Trinajstić information content (AvgIpc) is 2.44. The lowest BCUT2D eigenvalue weighted by atomic mass is 10.2. The van der Waals surface area contributed by atoms with Gasteiger partial charge in [0.1, 0.15) is 11.4 Å². The highest BCUT2D eigenvalue weighted by molar-refractivity contribution is 6.36. The summed E-state index contributed by atoms with van der Waals surface area (Å²) in [6.45, 7) is 0. The van der Waals surface area contributed by atoms with Crippen molar-refractivity contribution < 1.29 is 10.0 Å². The first-order valence-corrected chi connectivity index (χ1v) is 6.45. The van der Waals surface area contributed by atoms with Crippen LogP contribution in [0.25, 0.3) is 0 Å². The molecule has 0 saturated heterocycles. The fourth-order valence-corrected chi connectivity index (χ4v) is 2.09. The number of phenols is 1. The molecule has 6 nitrogen and oxygen atoms in total. The van der Waals surface area contributed by atoms with Gasteiger partial charge < -0.3 is 5.11 Å². The van der Waals surface area contributed by atoms with Gasteiger partial charge in [0.2, 0.25) is 0 Å². The number of anilines is 1. The van der Waals surface area contributed by atoms with Gasteiger partial charge in [0.25, 0.3) is 5.69 Å². The molecule has 0 unspecified atom stereocenters. The number of benzene rings is 2. The minimum absolute atomic E-state index is 0.0923. The second-order valence-electron chi connectivity index (χ2n) is 3.97. The Hall–Kier alpha value is -2.31. The summed E-state index contributed by atoms with van der Waals surface area (Å²) in [6, 6.07) is 8.92. The Bertz CT molecular complexity index is 720. The van der Waals surface area contributed by atoms with Gasteiger partial charge >= 0.3 is 0 Å². The molecule has 2 aromatic carbocycles. The summed E-state index contributed by atoms with van der Waals surface area (Å²) in [5.41, 5.74) is 2.95. The maximum absolute atomic E-state index is 10.8. The molecule has 0 bridgehead atoms. The molecule has 8 heteroatoms. The van der Waals surface area contributed by atoms with Gasteiger partial charge in [-0.1, -0.05) is 35.3 Å². The number of para-hydroxylation sites is 2. The maximum Gasteiger partial charge on any atom is 0.294 e. The number of hydrogen-bond donors (Lipinski definition) is 2. The van der Waals surface area contributed by atoms with Crippen molar-refractivity contribution in [2.24, 2.45) is 5.10 Å². The Morgan fingerprint density at radius 3 is 2.71 bits per heavy atom. The molecule has 0 fully saturated rings. The predicted octanol–water partition coefficient (Wildman–Crippen LogP) is 4.05. The summed E-state index contributed by atoms with van der Waals surface area (Å²) in [4.78, 5) is 10.3. The van der Waals surface area contributed by atoms with E-state index in [0.29, 0.717) is 10.6 Å². The van der Waals surface area contributed by atoms with Crippen LogP contribution in [0.5, 0.6) is 5.75 Å². The molecule has 108 valence electrons. The molecule has 2 N–H and O–H groups in total. The molecule has 0 atom stereocenters. The van der Waals surface area contributed by atoms with Crippen molar-refractivity contribution in [2.45, 2.75) is 0 Å². The zero-order chi connectivity index (χ0) is 15.4. The zero-order valence-electron chi connectivity index (χ0n) is 10.5. The van der Waals surface area contributed by atoms with E-state index in [9.17, 15) is 15.2 Å². The molecule has 21 heavy (non-hydrogen) atoms. The highest BCUT2D eigenvalue weighted by atomic mass is 35.5. The Morgan fingerprint density at radius 2 is 2.00 bits per heavy atom. The average molecular weight is 326 g/mol. The van der Waals surface area contributed by atoms with E-state index >= 15 is 0 Å². The molecular weight excluding hydrogens is 317 g/mol. The Labute approximate surface area is 129 Å². The molecule has 0 spiro atoms. The first-order valence-electron chi connectivity index (χ1n) is 5.69. The van der Waals surface area contributed by atoms with E-state index in [1.54, 1.807) is 12.1 Å². The van der Waals surface area contributed by atoms with Crippen LogP contribution in [0, 0.1) is 10.1 Å². The predicted molar refractivity (Wildman–Crippen MR) is 82.4 cm³/mol. The molecule has 2 rings (SSSR count). The second kappa shape index (κ2) is 6.43. The van der Waals surface area contributed by atoms with Crippen LogP contribution in [0.15, 0.2) is 41.5 Å². The SMILES string of the molecule is O=[N+]([O-])c1ccccc1NN=Cc1cc(Cl)cc(Cl)c1O. The first kappa shape index (κ1) is 15.1. The van der Waals surface area contributed by atoms with Gasteiger partial charge in [0.15, 0.2) is 0 Å². The third-order valence-electron chi connectivity index (χ3n) is 2.55. The van der Waals surface area contributed by atoms with Gasteiger partial charge in [-0.3, -0.25) is 15.5 Å². The minimum atomic E-state index is -0.522. The molecule has 0 aromatic heterocycles. The monoisotopic (exact) mass is 325 g/mol. The highest BCUT2D eigenvalue weighted by Gasteiger charge is 2.11. The van der Waals surface area contributed by atoms with E-state index in [1.165, 1.54) is 30.5 Å². The Morgan fingerprint density at radius 1 is 1.29 bits per heavy atom. The van der Waals surface area contributed by atoms with Crippen molar-refractivity contribution in [3.05, 3.63) is 62.1 Å². The third-order valence-corrected chi connectivity index (χ3v) is 3.05. The second-order valence-corrected chi connectivity index (χ2v) is 4.81. The largest absolute Gasteiger partial charge is 0.506 e. The van der Waals surface area contributed by atoms with E-state index in [1.807, 2.05) is 0 Å². The lowest BCUT2D eigenvalue weighted by Gasteiger charge is -2.03. The van der Waals surface area contributed by atoms with E-state index in [-0.39, 0.29) is 22.1 Å². The maximum atomic E-state index is 10.8. The van der Waals surface area contributed by atoms with Crippen molar-refractivity contribution >= 4 is 40.8 Å². The fraction of sp³-hybridized carbons (Fsp3) is 0. The van der Waals surface area contributed by atoms with Crippen LogP contribution in [0.3, 0.4) is 0 Å². The molecule has 0 amide bonds. The fourth-order valence-electron chi connectivity index (χ4n) is 1.58. The van der Waals surface area contributed by atoms with Crippen molar-refractivity contribution in [1.29, 1.82) is 0 Å². The van der Waals surface area contributed by atoms with Crippen LogP contribution in [-0.4, -0.2) is 16.2 Å². The van der Waals surface area contributed by atoms with E-state index in [4.69, 9.17) is 23.2 Å². The number of hydrogen-bond acceptors (Lipinski definition) is 5. The van der Waals surface area contributed by atoms with Gasteiger partial charge in [0.05, 0.1) is 16.2 Å². The molecular formula is C13H9Cl2N3O3. The number of aromatic hydroxyl groups is 1. The van der Waals surface area contributed by atoms with Crippen molar-refractivity contribution in [3.63, 3.8) is 0 Å². The number of rotatable bonds is 4. The van der Waals surface area contributed by atoms with Crippen LogP contribution in [-0.2, 0) is 0 Å². The number of nitro benzene ring substituents is 1. The van der Waals surface area contributed by atoms with Gasteiger partial charge in [-0.05, 0) is 18.2 Å².